The van der Waals surface area contributed by atoms with Gasteiger partial charge in [0, 0.05) is 0 Å². The van der Waals surface area contributed by atoms with Crippen molar-refractivity contribution in [2.75, 3.05) is 5.75 Å². The van der Waals surface area contributed by atoms with Gasteiger partial charge in [0.15, 0.2) is 9.84 Å². The summed E-state index contributed by atoms with van der Waals surface area (Å²) in [4.78, 5) is 0. The number of rotatable bonds is 0. The molecule has 0 aromatic carbocycles. The van der Waals surface area contributed by atoms with Crippen LogP contribution >= 0.6 is 27.5 Å². The molecular formula is C3H2BrClO2S. The number of hydrogen-bond acceptors (Lipinski definition) is 2. The molecule has 1 heterocycles. The SMILES string of the molecule is O=S1(=O)CC(Cl)=C1Br. The van der Waals surface area contributed by atoms with Crippen molar-refractivity contribution in [2.24, 2.45) is 0 Å². The second kappa shape index (κ2) is 1.72. The lowest BCUT2D eigenvalue weighted by Crippen LogP contribution is -2.17. The first kappa shape index (κ1) is 6.58. The minimum Gasteiger partial charge on any atom is -0.223 e. The maximum Gasteiger partial charge on any atom is 0.191 e. The molecule has 0 saturated carbocycles. The average Bonchev–Trinajstić information content (AvgIpc) is 1.65. The fraction of sp³-hybridized carbons (Fsp3) is 0.333. The van der Waals surface area contributed by atoms with Crippen molar-refractivity contribution in [2.45, 2.75) is 0 Å². The van der Waals surface area contributed by atoms with E-state index in [1.807, 2.05) is 0 Å². The molecule has 0 aromatic rings. The zero-order valence-corrected chi connectivity index (χ0v) is 6.85. The lowest BCUT2D eigenvalue weighted by molar-refractivity contribution is 0.603. The molecule has 0 N–H and O–H groups in total. The lowest BCUT2D eigenvalue weighted by atomic mass is 10.7. The van der Waals surface area contributed by atoms with Gasteiger partial charge in [-0.3, -0.25) is 0 Å². The van der Waals surface area contributed by atoms with E-state index in [1.54, 1.807) is 0 Å². The van der Waals surface area contributed by atoms with E-state index in [1.165, 1.54) is 0 Å². The number of sulfone groups is 1. The van der Waals surface area contributed by atoms with Crippen LogP contribution in [0.15, 0.2) is 8.85 Å². The third-order valence-corrected chi connectivity index (χ3v) is 5.04. The first-order valence-electron chi connectivity index (χ1n) is 1.81. The van der Waals surface area contributed by atoms with E-state index in [9.17, 15) is 8.42 Å². The van der Waals surface area contributed by atoms with Crippen molar-refractivity contribution in [3.05, 3.63) is 8.85 Å². The van der Waals surface area contributed by atoms with E-state index in [0.717, 1.165) is 0 Å². The maximum absolute atomic E-state index is 10.4. The summed E-state index contributed by atoms with van der Waals surface area (Å²) < 4.78 is 21.0. The van der Waals surface area contributed by atoms with Crippen LogP contribution in [0.25, 0.3) is 0 Å². The Morgan fingerprint density at radius 1 is 1.62 bits per heavy atom. The Balaban J connectivity index is 3.16. The van der Waals surface area contributed by atoms with Gasteiger partial charge >= 0.3 is 0 Å². The van der Waals surface area contributed by atoms with Gasteiger partial charge in [0.1, 0.15) is 3.81 Å². The molecule has 0 saturated heterocycles. The van der Waals surface area contributed by atoms with E-state index >= 15 is 0 Å². The van der Waals surface area contributed by atoms with Gasteiger partial charge in [0.05, 0.1) is 10.8 Å². The summed E-state index contributed by atoms with van der Waals surface area (Å²) in [7, 11) is -2.95. The largest absolute Gasteiger partial charge is 0.223 e. The third-order valence-electron chi connectivity index (χ3n) is 0.803. The summed E-state index contributed by atoms with van der Waals surface area (Å²) in [5.41, 5.74) is 0. The van der Waals surface area contributed by atoms with Crippen molar-refractivity contribution < 1.29 is 8.42 Å². The molecule has 5 heteroatoms. The van der Waals surface area contributed by atoms with E-state index in [0.29, 0.717) is 5.03 Å². The summed E-state index contributed by atoms with van der Waals surface area (Å²) in [6, 6.07) is 0. The molecule has 0 radical (unpaired) electrons. The molecule has 8 heavy (non-hydrogen) atoms. The van der Waals surface area contributed by atoms with Crippen molar-refractivity contribution in [1.29, 1.82) is 0 Å². The first-order chi connectivity index (χ1) is 3.54. The quantitative estimate of drug-likeness (QED) is 0.611. The fourth-order valence-corrected chi connectivity index (χ4v) is 2.60. The minimum atomic E-state index is -2.95. The highest BCUT2D eigenvalue weighted by molar-refractivity contribution is 9.13. The van der Waals surface area contributed by atoms with Crippen molar-refractivity contribution in [1.82, 2.24) is 0 Å². The molecule has 2 nitrogen and oxygen atoms in total. The van der Waals surface area contributed by atoms with Crippen LogP contribution in [-0.4, -0.2) is 14.2 Å². The fourth-order valence-electron chi connectivity index (χ4n) is 0.375. The van der Waals surface area contributed by atoms with Crippen molar-refractivity contribution in [3.8, 4) is 0 Å². The van der Waals surface area contributed by atoms with Crippen LogP contribution in [0.5, 0.6) is 0 Å². The van der Waals surface area contributed by atoms with Gasteiger partial charge in [-0.2, -0.15) is 0 Å². The Morgan fingerprint density at radius 2 is 2.12 bits per heavy atom. The van der Waals surface area contributed by atoms with E-state index in [-0.39, 0.29) is 9.57 Å². The molecule has 1 aliphatic heterocycles. The van der Waals surface area contributed by atoms with Crippen LogP contribution in [-0.2, 0) is 9.84 Å². The number of halogens is 2. The Hall–Kier alpha value is 0.460. The van der Waals surface area contributed by atoms with Crippen LogP contribution in [0.1, 0.15) is 0 Å². The Morgan fingerprint density at radius 3 is 2.12 bits per heavy atom. The zero-order chi connectivity index (χ0) is 6.36. The summed E-state index contributed by atoms with van der Waals surface area (Å²) in [6.45, 7) is 0. The van der Waals surface area contributed by atoms with Crippen LogP contribution in [0.4, 0.5) is 0 Å². The molecule has 1 rings (SSSR count). The molecule has 1 aliphatic rings. The molecular weight excluding hydrogens is 215 g/mol. The van der Waals surface area contributed by atoms with E-state index < -0.39 is 9.84 Å². The van der Waals surface area contributed by atoms with Crippen LogP contribution in [0, 0.1) is 0 Å². The molecule has 46 valence electrons. The predicted octanol–water partition coefficient (Wildman–Crippen LogP) is 1.22. The molecule has 0 bridgehead atoms. The monoisotopic (exact) mass is 216 g/mol. The molecule has 0 fully saturated rings. The number of hydrogen-bond donors (Lipinski definition) is 0. The summed E-state index contributed by atoms with van der Waals surface area (Å²) >= 11 is 8.14. The third kappa shape index (κ3) is 0.806. The zero-order valence-electron chi connectivity index (χ0n) is 3.69. The van der Waals surface area contributed by atoms with Gasteiger partial charge in [-0.15, -0.1) is 0 Å². The van der Waals surface area contributed by atoms with Gasteiger partial charge in [-0.25, -0.2) is 8.42 Å². The smallest absolute Gasteiger partial charge is 0.191 e. The standard InChI is InChI=1S/C3H2BrClO2S/c4-3-2(5)1-8(3,6)7/h1H2. The molecule has 0 aliphatic carbocycles. The molecule has 0 aromatic heterocycles. The van der Waals surface area contributed by atoms with Crippen LogP contribution in [0.3, 0.4) is 0 Å². The molecule has 0 spiro atoms. The lowest BCUT2D eigenvalue weighted by Gasteiger charge is -2.12. The minimum absolute atomic E-state index is 0.00482. The molecule has 0 amide bonds. The maximum atomic E-state index is 10.4. The Kier molecular flexibility index (Phi) is 1.41. The van der Waals surface area contributed by atoms with E-state index in [2.05, 4.69) is 15.9 Å². The van der Waals surface area contributed by atoms with Gasteiger partial charge in [-0.05, 0) is 15.9 Å². The highest BCUT2D eigenvalue weighted by Gasteiger charge is 2.30. The normalized spacial score (nSPS) is 25.2. The average molecular weight is 217 g/mol. The van der Waals surface area contributed by atoms with Gasteiger partial charge < -0.3 is 0 Å². The van der Waals surface area contributed by atoms with E-state index in [4.69, 9.17) is 11.6 Å². The summed E-state index contributed by atoms with van der Waals surface area (Å²) in [5, 5.41) is 0.394. The second-order valence-corrected chi connectivity index (χ2v) is 5.14. The van der Waals surface area contributed by atoms with Crippen LogP contribution < -0.4 is 0 Å². The van der Waals surface area contributed by atoms with Gasteiger partial charge in [0.2, 0.25) is 0 Å². The molecule has 0 unspecified atom stereocenters. The predicted molar refractivity (Wildman–Crippen MR) is 35.6 cm³/mol. The van der Waals surface area contributed by atoms with Crippen molar-refractivity contribution in [3.63, 3.8) is 0 Å². The first-order valence-corrected chi connectivity index (χ1v) is 4.63. The highest BCUT2D eigenvalue weighted by atomic mass is 79.9. The summed E-state index contributed by atoms with van der Waals surface area (Å²) in [5.74, 6) is -0.00482. The van der Waals surface area contributed by atoms with Gasteiger partial charge in [-0.1, -0.05) is 11.6 Å². The van der Waals surface area contributed by atoms with Gasteiger partial charge in [0.25, 0.3) is 0 Å². The topological polar surface area (TPSA) is 34.1 Å². The van der Waals surface area contributed by atoms with Crippen LogP contribution in [0.2, 0.25) is 0 Å². The highest BCUT2D eigenvalue weighted by Crippen LogP contribution is 2.33. The Bertz CT molecular complexity index is 240. The summed E-state index contributed by atoms with van der Waals surface area (Å²) in [6.07, 6.45) is 0. The van der Waals surface area contributed by atoms with Crippen molar-refractivity contribution >= 4 is 37.4 Å². The molecule has 0 atom stereocenters. The second-order valence-electron chi connectivity index (χ2n) is 1.44. The Labute approximate surface area is 60.6 Å².